The van der Waals surface area contributed by atoms with E-state index in [9.17, 15) is 4.79 Å². The van der Waals surface area contributed by atoms with E-state index in [0.717, 1.165) is 57.0 Å². The zero-order valence-corrected chi connectivity index (χ0v) is 17.9. The van der Waals surface area contributed by atoms with Gasteiger partial charge in [-0.15, -0.1) is 0 Å². The monoisotopic (exact) mass is 386 g/mol. The van der Waals surface area contributed by atoms with Crippen LogP contribution < -0.4 is 10.8 Å². The highest BCUT2D eigenvalue weighted by molar-refractivity contribution is 5.87. The number of fused-ring (bicyclic) bond motifs is 5. The third-order valence-electron chi connectivity index (χ3n) is 9.73. The molecule has 1 saturated heterocycles. The van der Waals surface area contributed by atoms with Gasteiger partial charge in [-0.2, -0.15) is 0 Å². The Balaban J connectivity index is 1.34. The molecule has 5 aliphatic rings. The van der Waals surface area contributed by atoms with Gasteiger partial charge in [0, 0.05) is 24.1 Å². The fourth-order valence-corrected chi connectivity index (χ4v) is 7.96. The lowest BCUT2D eigenvalue weighted by molar-refractivity contribution is -0.141. The average molecular weight is 387 g/mol. The van der Waals surface area contributed by atoms with Gasteiger partial charge < -0.3 is 5.32 Å². The molecule has 4 fully saturated rings. The molecule has 1 unspecified atom stereocenters. The molecule has 4 nitrogen and oxygen atoms in total. The van der Waals surface area contributed by atoms with E-state index in [0.29, 0.717) is 35.1 Å². The second kappa shape index (κ2) is 6.84. The Morgan fingerprint density at radius 1 is 1.14 bits per heavy atom. The predicted octanol–water partition coefficient (Wildman–Crippen LogP) is 4.22. The first kappa shape index (κ1) is 19.1. The summed E-state index contributed by atoms with van der Waals surface area (Å²) in [6, 6.07) is 0. The van der Waals surface area contributed by atoms with Crippen molar-refractivity contribution in [2.24, 2.45) is 40.4 Å². The molecule has 4 aliphatic carbocycles. The van der Waals surface area contributed by atoms with Crippen LogP contribution in [0.3, 0.4) is 0 Å². The number of Topliss-reactive ketones (excluding diaryl/α,β-unsaturated/α-hetero) is 1. The quantitative estimate of drug-likeness (QED) is 0.713. The molecule has 3 saturated carbocycles. The van der Waals surface area contributed by atoms with Crippen molar-refractivity contribution in [3.05, 3.63) is 11.8 Å². The molecule has 0 aromatic heterocycles. The van der Waals surface area contributed by atoms with Crippen LogP contribution >= 0.6 is 0 Å². The van der Waals surface area contributed by atoms with Gasteiger partial charge in [0.15, 0.2) is 0 Å². The molecule has 8 atom stereocenters. The summed E-state index contributed by atoms with van der Waals surface area (Å²) >= 11 is 0. The summed E-state index contributed by atoms with van der Waals surface area (Å²) < 4.78 is 0. The van der Waals surface area contributed by atoms with Crippen LogP contribution in [-0.2, 0) is 9.63 Å². The lowest BCUT2D eigenvalue weighted by atomic mass is 9.44. The minimum Gasteiger partial charge on any atom is -0.314 e. The zero-order valence-electron chi connectivity index (χ0n) is 17.9. The molecule has 5 rings (SSSR count). The number of carbonyl (C=O) groups is 1. The summed E-state index contributed by atoms with van der Waals surface area (Å²) in [5.74, 6) is 4.08. The van der Waals surface area contributed by atoms with Crippen LogP contribution in [0.2, 0.25) is 0 Å². The molecule has 0 spiro atoms. The largest absolute Gasteiger partial charge is 0.314 e. The summed E-state index contributed by atoms with van der Waals surface area (Å²) in [7, 11) is 0. The van der Waals surface area contributed by atoms with E-state index >= 15 is 0 Å². The molecule has 0 aromatic rings. The first-order valence-corrected chi connectivity index (χ1v) is 11.8. The van der Waals surface area contributed by atoms with Crippen LogP contribution in [0.1, 0.15) is 72.1 Å². The van der Waals surface area contributed by atoms with Gasteiger partial charge >= 0.3 is 0 Å². The van der Waals surface area contributed by atoms with Crippen LogP contribution in [0.4, 0.5) is 0 Å². The molecular weight excluding hydrogens is 348 g/mol. The predicted molar refractivity (Wildman–Crippen MR) is 110 cm³/mol. The maximum atomic E-state index is 12.7. The van der Waals surface area contributed by atoms with Crippen molar-refractivity contribution in [2.75, 3.05) is 13.1 Å². The standard InChI is InChI=1S/C24H38N2O2/c1-15-12-16-13-17(26-28-18-8-11-25-14-18)6-9-23(16,2)20-7-10-24(3)19(22(15)20)4-5-21(24)27/h13,15-16,18-20,22,25-26H,4-12,14H2,1-3H3/t15-,16?,18+,19-,20-,22-,23-,24-/m0/s1. The van der Waals surface area contributed by atoms with Gasteiger partial charge in [0.25, 0.3) is 0 Å². The van der Waals surface area contributed by atoms with Gasteiger partial charge in [0.1, 0.15) is 5.78 Å². The molecule has 0 amide bonds. The first-order valence-electron chi connectivity index (χ1n) is 11.8. The molecule has 0 bridgehead atoms. The van der Waals surface area contributed by atoms with Crippen LogP contribution in [0.25, 0.3) is 0 Å². The van der Waals surface area contributed by atoms with Crippen molar-refractivity contribution in [2.45, 2.75) is 78.2 Å². The highest BCUT2D eigenvalue weighted by Crippen LogP contribution is 2.66. The summed E-state index contributed by atoms with van der Waals surface area (Å²) in [4.78, 5) is 18.6. The SMILES string of the molecule is C[C@H]1CC2C=C(NO[C@@H]3CCNC3)CC[C@]2(C)[C@H]2CC[C@]3(C)C(=O)CC[C@H]3[C@H]12. The number of hydrogen-bond donors (Lipinski definition) is 2. The molecule has 2 N–H and O–H groups in total. The number of rotatable bonds is 3. The normalized spacial score (nSPS) is 50.5. The summed E-state index contributed by atoms with van der Waals surface area (Å²) in [5.41, 5.74) is 5.01. The maximum absolute atomic E-state index is 12.7. The van der Waals surface area contributed by atoms with Crippen molar-refractivity contribution in [1.82, 2.24) is 10.8 Å². The van der Waals surface area contributed by atoms with Crippen LogP contribution in [-0.4, -0.2) is 25.0 Å². The number of hydrogen-bond acceptors (Lipinski definition) is 4. The van der Waals surface area contributed by atoms with Crippen molar-refractivity contribution < 1.29 is 9.63 Å². The van der Waals surface area contributed by atoms with E-state index in [1.54, 1.807) is 0 Å². The first-order chi connectivity index (χ1) is 13.4. The number of allylic oxidation sites excluding steroid dienone is 2. The van der Waals surface area contributed by atoms with Gasteiger partial charge in [0.05, 0.1) is 6.10 Å². The zero-order chi connectivity index (χ0) is 19.5. The van der Waals surface area contributed by atoms with E-state index < -0.39 is 0 Å². The highest BCUT2D eigenvalue weighted by Gasteiger charge is 2.61. The Kier molecular flexibility index (Phi) is 4.67. The molecule has 0 aromatic carbocycles. The number of ketones is 1. The summed E-state index contributed by atoms with van der Waals surface area (Å²) in [6.45, 7) is 9.36. The topological polar surface area (TPSA) is 50.4 Å². The summed E-state index contributed by atoms with van der Waals surface area (Å²) in [6.07, 6.45) is 11.9. The van der Waals surface area contributed by atoms with Gasteiger partial charge in [-0.05, 0) is 86.5 Å². The maximum Gasteiger partial charge on any atom is 0.139 e. The molecule has 1 aliphatic heterocycles. The molecule has 28 heavy (non-hydrogen) atoms. The third-order valence-corrected chi connectivity index (χ3v) is 9.73. The minimum absolute atomic E-state index is 0.0149. The average Bonchev–Trinajstić information content (AvgIpc) is 3.29. The second-order valence-electron chi connectivity index (χ2n) is 11.1. The van der Waals surface area contributed by atoms with Crippen molar-refractivity contribution in [3.63, 3.8) is 0 Å². The Hall–Kier alpha value is -0.870. The molecule has 0 radical (unpaired) electrons. The van der Waals surface area contributed by atoms with Gasteiger partial charge in [0.2, 0.25) is 0 Å². The van der Waals surface area contributed by atoms with Crippen LogP contribution in [0, 0.1) is 40.4 Å². The minimum atomic E-state index is -0.0149. The highest BCUT2D eigenvalue weighted by atomic mass is 16.7. The van der Waals surface area contributed by atoms with Crippen molar-refractivity contribution >= 4 is 5.78 Å². The van der Waals surface area contributed by atoms with Gasteiger partial charge in [-0.1, -0.05) is 26.8 Å². The Morgan fingerprint density at radius 3 is 2.79 bits per heavy atom. The Morgan fingerprint density at radius 2 is 2.00 bits per heavy atom. The number of carbonyl (C=O) groups excluding carboxylic acids is 1. The molecule has 4 heteroatoms. The third kappa shape index (κ3) is 2.81. The van der Waals surface area contributed by atoms with Crippen LogP contribution in [0.5, 0.6) is 0 Å². The van der Waals surface area contributed by atoms with E-state index in [1.165, 1.54) is 25.0 Å². The van der Waals surface area contributed by atoms with E-state index in [2.05, 4.69) is 37.6 Å². The number of nitrogens with one attached hydrogen (secondary N) is 2. The van der Waals surface area contributed by atoms with Gasteiger partial charge in [-0.25, -0.2) is 0 Å². The van der Waals surface area contributed by atoms with Crippen molar-refractivity contribution in [3.8, 4) is 0 Å². The Bertz CT molecular complexity index is 670. The van der Waals surface area contributed by atoms with E-state index in [-0.39, 0.29) is 5.41 Å². The van der Waals surface area contributed by atoms with E-state index in [1.807, 2.05) is 0 Å². The molecular formula is C24H38N2O2. The molecule has 1 heterocycles. The summed E-state index contributed by atoms with van der Waals surface area (Å²) in [5, 5.41) is 3.36. The van der Waals surface area contributed by atoms with Crippen LogP contribution in [0.15, 0.2) is 11.8 Å². The lowest BCUT2D eigenvalue weighted by Gasteiger charge is -2.61. The van der Waals surface area contributed by atoms with Crippen molar-refractivity contribution in [1.29, 1.82) is 0 Å². The fraction of sp³-hybridized carbons (Fsp3) is 0.875. The Labute approximate surface area is 170 Å². The smallest absolute Gasteiger partial charge is 0.139 e. The van der Waals surface area contributed by atoms with E-state index in [4.69, 9.17) is 4.84 Å². The lowest BCUT2D eigenvalue weighted by Crippen LogP contribution is -2.55. The number of hydroxylamine groups is 1. The molecule has 156 valence electrons. The fourth-order valence-electron chi connectivity index (χ4n) is 7.96. The second-order valence-corrected chi connectivity index (χ2v) is 11.1. The van der Waals surface area contributed by atoms with Gasteiger partial charge in [-0.3, -0.25) is 15.1 Å².